The lowest BCUT2D eigenvalue weighted by atomic mass is 10.0. The van der Waals surface area contributed by atoms with E-state index < -0.39 is 0 Å². The normalized spacial score (nSPS) is 16.4. The molecule has 7 nitrogen and oxygen atoms in total. The van der Waals surface area contributed by atoms with Gasteiger partial charge in [-0.05, 0) is 41.3 Å². The number of amides is 1. The van der Waals surface area contributed by atoms with Crippen LogP contribution in [0.4, 0.5) is 5.82 Å². The quantitative estimate of drug-likeness (QED) is 0.467. The van der Waals surface area contributed by atoms with Crippen LogP contribution >= 0.6 is 0 Å². The summed E-state index contributed by atoms with van der Waals surface area (Å²) in [5.41, 5.74) is 1.95. The number of benzene rings is 2. The largest absolute Gasteiger partial charge is 0.353 e. The SMILES string of the molecule is O=C(Cc1cccc2ccccc12)N1CCN(c2ccc(-c3noc(C4CC4)n3)cn2)CC1. The summed E-state index contributed by atoms with van der Waals surface area (Å²) in [6.45, 7) is 2.93. The highest BCUT2D eigenvalue weighted by Gasteiger charge is 2.30. The minimum Gasteiger partial charge on any atom is -0.353 e. The van der Waals surface area contributed by atoms with Crippen molar-refractivity contribution in [3.8, 4) is 11.4 Å². The molecule has 0 radical (unpaired) electrons. The van der Waals surface area contributed by atoms with Gasteiger partial charge in [-0.15, -0.1) is 0 Å². The fourth-order valence-electron chi connectivity index (χ4n) is 4.46. The predicted octanol–water partition coefficient (Wildman–Crippen LogP) is 4.05. The number of carbonyl (C=O) groups excluding carboxylic acids is 1. The molecule has 0 spiro atoms. The maximum absolute atomic E-state index is 13.0. The lowest BCUT2D eigenvalue weighted by Gasteiger charge is -2.35. The van der Waals surface area contributed by atoms with Crippen molar-refractivity contribution in [1.29, 1.82) is 0 Å². The van der Waals surface area contributed by atoms with Crippen molar-refractivity contribution < 1.29 is 9.32 Å². The summed E-state index contributed by atoms with van der Waals surface area (Å²) < 4.78 is 5.35. The van der Waals surface area contributed by atoms with Crippen molar-refractivity contribution in [3.05, 3.63) is 72.2 Å². The van der Waals surface area contributed by atoms with Crippen LogP contribution in [-0.4, -0.2) is 52.1 Å². The van der Waals surface area contributed by atoms with E-state index in [0.717, 1.165) is 54.2 Å². The first-order chi connectivity index (χ1) is 16.2. The van der Waals surface area contributed by atoms with Gasteiger partial charge in [-0.3, -0.25) is 4.79 Å². The Hall–Kier alpha value is -3.74. The average molecular weight is 440 g/mol. The molecule has 1 saturated carbocycles. The molecule has 7 heteroatoms. The van der Waals surface area contributed by atoms with Gasteiger partial charge in [-0.2, -0.15) is 4.98 Å². The highest BCUT2D eigenvalue weighted by atomic mass is 16.5. The van der Waals surface area contributed by atoms with Crippen LogP contribution in [0.5, 0.6) is 0 Å². The first kappa shape index (κ1) is 19.9. The molecule has 6 rings (SSSR count). The maximum Gasteiger partial charge on any atom is 0.230 e. The Morgan fingerprint density at radius 2 is 1.79 bits per heavy atom. The van der Waals surface area contributed by atoms with Crippen molar-refractivity contribution in [2.45, 2.75) is 25.2 Å². The lowest BCUT2D eigenvalue weighted by Crippen LogP contribution is -2.49. The third-order valence-electron chi connectivity index (χ3n) is 6.55. The van der Waals surface area contributed by atoms with Crippen molar-refractivity contribution in [3.63, 3.8) is 0 Å². The van der Waals surface area contributed by atoms with Crippen molar-refractivity contribution in [1.82, 2.24) is 20.0 Å². The molecule has 2 aromatic heterocycles. The predicted molar refractivity (Wildman–Crippen MR) is 126 cm³/mol. The fraction of sp³-hybridized carbons (Fsp3) is 0.308. The van der Waals surface area contributed by atoms with Crippen molar-refractivity contribution in [2.75, 3.05) is 31.1 Å². The molecule has 1 aliphatic heterocycles. The zero-order valence-electron chi connectivity index (χ0n) is 18.4. The number of piperazine rings is 1. The topological polar surface area (TPSA) is 75.4 Å². The Bertz CT molecular complexity index is 1280. The third-order valence-corrected chi connectivity index (χ3v) is 6.55. The summed E-state index contributed by atoms with van der Waals surface area (Å²) in [7, 11) is 0. The summed E-state index contributed by atoms with van der Waals surface area (Å²) in [5, 5.41) is 6.42. The van der Waals surface area contributed by atoms with E-state index in [0.29, 0.717) is 31.3 Å². The molecule has 1 amide bonds. The van der Waals surface area contributed by atoms with Gasteiger partial charge < -0.3 is 14.3 Å². The number of pyridine rings is 1. The summed E-state index contributed by atoms with van der Waals surface area (Å²) in [4.78, 5) is 26.3. The number of hydrogen-bond acceptors (Lipinski definition) is 6. The molecule has 1 saturated heterocycles. The van der Waals surface area contributed by atoms with Gasteiger partial charge in [0, 0.05) is 43.9 Å². The number of anilines is 1. The summed E-state index contributed by atoms with van der Waals surface area (Å²) in [6.07, 6.45) is 4.50. The first-order valence-electron chi connectivity index (χ1n) is 11.5. The van der Waals surface area contributed by atoms with Crippen molar-refractivity contribution >= 4 is 22.5 Å². The number of aromatic nitrogens is 3. The molecule has 166 valence electrons. The summed E-state index contributed by atoms with van der Waals surface area (Å²) >= 11 is 0. The second kappa shape index (κ2) is 8.31. The van der Waals surface area contributed by atoms with E-state index in [9.17, 15) is 4.79 Å². The minimum atomic E-state index is 0.179. The highest BCUT2D eigenvalue weighted by Crippen LogP contribution is 2.39. The Kier molecular flexibility index (Phi) is 5.02. The van der Waals surface area contributed by atoms with E-state index in [4.69, 9.17) is 4.52 Å². The Morgan fingerprint density at radius 3 is 2.58 bits per heavy atom. The van der Waals surface area contributed by atoms with E-state index >= 15 is 0 Å². The van der Waals surface area contributed by atoms with E-state index in [-0.39, 0.29) is 5.91 Å². The van der Waals surface area contributed by atoms with Crippen LogP contribution in [0.2, 0.25) is 0 Å². The number of nitrogens with zero attached hydrogens (tertiary/aromatic N) is 5. The number of fused-ring (bicyclic) bond motifs is 1. The molecule has 33 heavy (non-hydrogen) atoms. The Balaban J connectivity index is 1.08. The van der Waals surface area contributed by atoms with Gasteiger partial charge in [0.05, 0.1) is 6.42 Å². The van der Waals surface area contributed by atoms with Crippen LogP contribution in [0, 0.1) is 0 Å². The van der Waals surface area contributed by atoms with E-state index in [1.807, 2.05) is 35.2 Å². The van der Waals surface area contributed by atoms with Crippen LogP contribution < -0.4 is 4.90 Å². The second-order valence-corrected chi connectivity index (χ2v) is 8.82. The maximum atomic E-state index is 13.0. The zero-order valence-corrected chi connectivity index (χ0v) is 18.4. The Morgan fingerprint density at radius 1 is 0.970 bits per heavy atom. The molecule has 0 N–H and O–H groups in total. The van der Waals surface area contributed by atoms with Gasteiger partial charge in [0.2, 0.25) is 17.6 Å². The summed E-state index contributed by atoms with van der Waals surface area (Å²) in [5.74, 6) is 2.86. The van der Waals surface area contributed by atoms with Crippen LogP contribution in [-0.2, 0) is 11.2 Å². The highest BCUT2D eigenvalue weighted by molar-refractivity contribution is 5.90. The molecule has 2 aliphatic rings. The van der Waals surface area contributed by atoms with Gasteiger partial charge in [0.25, 0.3) is 0 Å². The van der Waals surface area contributed by atoms with E-state index in [2.05, 4.69) is 44.3 Å². The lowest BCUT2D eigenvalue weighted by molar-refractivity contribution is -0.130. The number of rotatable bonds is 5. The molecule has 0 atom stereocenters. The van der Waals surface area contributed by atoms with Crippen LogP contribution in [0.25, 0.3) is 22.2 Å². The monoisotopic (exact) mass is 439 g/mol. The average Bonchev–Trinajstić information content (AvgIpc) is 3.61. The zero-order chi connectivity index (χ0) is 22.2. The first-order valence-corrected chi connectivity index (χ1v) is 11.5. The molecule has 4 aromatic rings. The van der Waals surface area contributed by atoms with Crippen LogP contribution in [0.1, 0.15) is 30.2 Å². The van der Waals surface area contributed by atoms with Gasteiger partial charge in [-0.25, -0.2) is 4.98 Å². The van der Waals surface area contributed by atoms with Gasteiger partial charge >= 0.3 is 0 Å². The molecule has 2 aromatic carbocycles. The van der Waals surface area contributed by atoms with Crippen LogP contribution in [0.3, 0.4) is 0 Å². The van der Waals surface area contributed by atoms with Gasteiger partial charge in [0.15, 0.2) is 0 Å². The second-order valence-electron chi connectivity index (χ2n) is 8.82. The fourth-order valence-corrected chi connectivity index (χ4v) is 4.46. The Labute approximate surface area is 192 Å². The molecule has 2 fully saturated rings. The van der Waals surface area contributed by atoms with Gasteiger partial charge in [0.1, 0.15) is 5.82 Å². The molecule has 0 bridgehead atoms. The smallest absolute Gasteiger partial charge is 0.230 e. The molecule has 0 unspecified atom stereocenters. The van der Waals surface area contributed by atoms with Crippen molar-refractivity contribution in [2.24, 2.45) is 0 Å². The van der Waals surface area contributed by atoms with E-state index in [1.54, 1.807) is 6.20 Å². The van der Waals surface area contributed by atoms with E-state index in [1.165, 1.54) is 5.39 Å². The molecule has 1 aliphatic carbocycles. The minimum absolute atomic E-state index is 0.179. The molecular formula is C26H25N5O2. The number of hydrogen-bond donors (Lipinski definition) is 0. The third kappa shape index (κ3) is 4.06. The van der Waals surface area contributed by atoms with Gasteiger partial charge in [-0.1, -0.05) is 47.6 Å². The van der Waals surface area contributed by atoms with Crippen LogP contribution in [0.15, 0.2) is 65.3 Å². The summed E-state index contributed by atoms with van der Waals surface area (Å²) in [6, 6.07) is 18.4. The number of carbonyl (C=O) groups is 1. The molecular weight excluding hydrogens is 414 g/mol. The molecule has 3 heterocycles. The standard InChI is InChI=1S/C26H25N5O2/c32-24(16-20-6-3-5-18-4-1-2-7-22(18)20)31-14-12-30(13-15-31)23-11-10-21(17-27-23)25-28-26(33-29-25)19-8-9-19/h1-7,10-11,17,19H,8-9,12-16H2.